The fourth-order valence-corrected chi connectivity index (χ4v) is 1.89. The molecular weight excluding hydrogens is 318 g/mol. The van der Waals surface area contributed by atoms with Crippen LogP contribution < -0.4 is 4.90 Å². The van der Waals surface area contributed by atoms with Crippen LogP contribution in [0.1, 0.15) is 0 Å². The van der Waals surface area contributed by atoms with Gasteiger partial charge in [0.25, 0.3) is 5.69 Å². The van der Waals surface area contributed by atoms with E-state index >= 15 is 0 Å². The van der Waals surface area contributed by atoms with Crippen LogP contribution in [0.5, 0.6) is 0 Å². The van der Waals surface area contributed by atoms with E-state index in [1.54, 1.807) is 12.1 Å². The number of hydrogen-bond donors (Lipinski definition) is 0. The van der Waals surface area contributed by atoms with Crippen LogP contribution in [0.4, 0.5) is 28.4 Å². The molecule has 0 aliphatic carbocycles. The number of nitro groups is 2. The van der Waals surface area contributed by atoms with Gasteiger partial charge in [0, 0.05) is 43.1 Å². The van der Waals surface area contributed by atoms with Crippen molar-refractivity contribution in [2.45, 2.75) is 0 Å². The van der Waals surface area contributed by atoms with Crippen LogP contribution in [0.2, 0.25) is 0 Å². The van der Waals surface area contributed by atoms with E-state index in [2.05, 4.69) is 5.11 Å². The fourth-order valence-electron chi connectivity index (χ4n) is 1.89. The first-order chi connectivity index (χ1) is 11.3. The molecule has 0 N–H and O–H groups in total. The Morgan fingerprint density at radius 1 is 0.875 bits per heavy atom. The van der Waals surface area contributed by atoms with E-state index in [9.17, 15) is 25.4 Å². The molecule has 10 heteroatoms. The quantitative estimate of drug-likeness (QED) is 0.357. The van der Waals surface area contributed by atoms with Crippen LogP contribution in [0.3, 0.4) is 0 Å². The maximum absolute atomic E-state index is 12.1. The summed E-state index contributed by atoms with van der Waals surface area (Å²) in [6, 6.07) is 9.30. The monoisotopic (exact) mass is 331 g/mol. The zero-order valence-corrected chi connectivity index (χ0v) is 12.8. The maximum atomic E-state index is 12.1. The van der Waals surface area contributed by atoms with E-state index in [-0.39, 0.29) is 16.2 Å². The Labute approximate surface area is 136 Å². The third-order valence-corrected chi connectivity index (χ3v) is 3.15. The van der Waals surface area contributed by atoms with Gasteiger partial charge in [0.1, 0.15) is 0 Å². The Hall–Kier alpha value is -3.56. The van der Waals surface area contributed by atoms with E-state index in [0.717, 1.165) is 23.9 Å². The Bertz CT molecular complexity index is 817. The van der Waals surface area contributed by atoms with Crippen LogP contribution in [0, 0.1) is 25.4 Å². The summed E-state index contributed by atoms with van der Waals surface area (Å²) >= 11 is 0. The van der Waals surface area contributed by atoms with Gasteiger partial charge in [-0.3, -0.25) is 20.2 Å². The highest BCUT2D eigenvalue weighted by molar-refractivity contribution is 5.61. The normalized spacial score (nSPS) is 11.2. The van der Waals surface area contributed by atoms with Crippen molar-refractivity contribution in [3.05, 3.63) is 67.9 Å². The lowest BCUT2D eigenvalue weighted by atomic mass is 10.2. The van der Waals surface area contributed by atoms with E-state index < -0.39 is 21.2 Å². The minimum Gasteiger partial charge on any atom is -0.594 e. The second-order valence-corrected chi connectivity index (χ2v) is 4.97. The average molecular weight is 331 g/mol. The minimum absolute atomic E-state index is 0.174. The Balaban J connectivity index is 2.42. The van der Waals surface area contributed by atoms with Crippen LogP contribution in [0.25, 0.3) is 0 Å². The number of nitro benzene ring substituents is 2. The number of non-ortho nitro benzene ring substituents is 1. The summed E-state index contributed by atoms with van der Waals surface area (Å²) in [4.78, 5) is 22.2. The zero-order valence-electron chi connectivity index (χ0n) is 12.8. The van der Waals surface area contributed by atoms with E-state index in [0.29, 0.717) is 0 Å². The van der Waals surface area contributed by atoms with Gasteiger partial charge in [-0.25, -0.2) is 0 Å². The molecule has 0 heterocycles. The third kappa shape index (κ3) is 3.61. The van der Waals surface area contributed by atoms with Gasteiger partial charge in [-0.1, -0.05) is 0 Å². The molecule has 0 amide bonds. The predicted octanol–water partition coefficient (Wildman–Crippen LogP) is 3.49. The first kappa shape index (κ1) is 16.8. The van der Waals surface area contributed by atoms with Crippen LogP contribution in [-0.2, 0) is 0 Å². The Kier molecular flexibility index (Phi) is 4.68. The van der Waals surface area contributed by atoms with Gasteiger partial charge >= 0.3 is 5.69 Å². The van der Waals surface area contributed by atoms with Crippen molar-refractivity contribution in [3.8, 4) is 0 Å². The molecule has 0 saturated carbocycles. The second-order valence-electron chi connectivity index (χ2n) is 4.97. The predicted molar refractivity (Wildman–Crippen MR) is 85.9 cm³/mol. The van der Waals surface area contributed by atoms with Crippen LogP contribution in [0.15, 0.2) is 47.6 Å². The topological polar surface area (TPSA) is 128 Å². The second kappa shape index (κ2) is 6.69. The highest BCUT2D eigenvalue weighted by atomic mass is 16.6. The summed E-state index contributed by atoms with van der Waals surface area (Å²) in [6.45, 7) is 0. The number of hydrogen-bond acceptors (Lipinski definition) is 7. The third-order valence-electron chi connectivity index (χ3n) is 3.15. The summed E-state index contributed by atoms with van der Waals surface area (Å²) in [5.74, 6) is 0. The molecule has 0 atom stereocenters. The molecule has 0 fully saturated rings. The SMILES string of the molecule is CN(C)c1ccc([N+]([O-])=Nc2ccc([N+](=O)[O-])cc2[N+](=O)[O-])cc1. The Morgan fingerprint density at radius 3 is 1.96 bits per heavy atom. The molecule has 2 aromatic carbocycles. The molecule has 2 rings (SSSR count). The highest BCUT2D eigenvalue weighted by Gasteiger charge is 2.21. The number of anilines is 1. The van der Waals surface area contributed by atoms with Gasteiger partial charge in [-0.2, -0.15) is 0 Å². The van der Waals surface area contributed by atoms with Gasteiger partial charge in [-0.15, -0.1) is 0 Å². The van der Waals surface area contributed by atoms with Crippen molar-refractivity contribution in [1.82, 2.24) is 0 Å². The molecule has 124 valence electrons. The number of benzene rings is 2. The summed E-state index contributed by atoms with van der Waals surface area (Å²) < 4.78 is 0. The van der Waals surface area contributed by atoms with Crippen molar-refractivity contribution < 1.29 is 14.7 Å². The van der Waals surface area contributed by atoms with E-state index in [1.807, 2.05) is 19.0 Å². The lowest BCUT2D eigenvalue weighted by Crippen LogP contribution is -2.08. The smallest absolute Gasteiger partial charge is 0.307 e. The van der Waals surface area contributed by atoms with E-state index in [4.69, 9.17) is 0 Å². The first-order valence-electron chi connectivity index (χ1n) is 6.68. The van der Waals surface area contributed by atoms with Gasteiger partial charge in [0.2, 0.25) is 11.4 Å². The fraction of sp³-hybridized carbons (Fsp3) is 0.143. The van der Waals surface area contributed by atoms with Gasteiger partial charge in [-0.05, 0) is 23.1 Å². The zero-order chi connectivity index (χ0) is 17.9. The number of rotatable bonds is 5. The summed E-state index contributed by atoms with van der Waals surface area (Å²) in [7, 11) is 3.68. The largest absolute Gasteiger partial charge is 0.594 e. The molecule has 0 radical (unpaired) electrons. The standard InChI is InChI=1S/C14H13N5O5/c1-16(2)10-3-5-11(6-4-10)17(20)15-13-8-7-12(18(21)22)9-14(13)19(23)24/h3-9H,1-2H3. The molecule has 24 heavy (non-hydrogen) atoms. The molecule has 0 aromatic heterocycles. The summed E-state index contributed by atoms with van der Waals surface area (Å²) in [6.07, 6.45) is 0. The molecule has 0 bridgehead atoms. The minimum atomic E-state index is -0.825. The Morgan fingerprint density at radius 2 is 1.46 bits per heavy atom. The molecule has 0 aliphatic heterocycles. The molecule has 0 unspecified atom stereocenters. The lowest BCUT2D eigenvalue weighted by molar-refractivity contribution is -0.437. The molecule has 0 saturated heterocycles. The molecule has 10 nitrogen and oxygen atoms in total. The van der Waals surface area contributed by atoms with Crippen molar-refractivity contribution >= 4 is 28.4 Å². The number of nitrogens with zero attached hydrogens (tertiary/aromatic N) is 5. The summed E-state index contributed by atoms with van der Waals surface area (Å²) in [5, 5.41) is 37.4. The highest BCUT2D eigenvalue weighted by Crippen LogP contribution is 2.32. The molecule has 2 aromatic rings. The van der Waals surface area contributed by atoms with Gasteiger partial charge < -0.3 is 10.1 Å². The van der Waals surface area contributed by atoms with Crippen molar-refractivity contribution in [1.29, 1.82) is 0 Å². The number of azo groups is 1. The summed E-state index contributed by atoms with van der Waals surface area (Å²) in [5.41, 5.74) is -0.289. The van der Waals surface area contributed by atoms with Crippen molar-refractivity contribution in [2.24, 2.45) is 5.11 Å². The average Bonchev–Trinajstić information content (AvgIpc) is 2.54. The van der Waals surface area contributed by atoms with E-state index in [1.165, 1.54) is 12.1 Å². The van der Waals surface area contributed by atoms with Crippen molar-refractivity contribution in [3.63, 3.8) is 0 Å². The maximum Gasteiger partial charge on any atom is 0.307 e. The van der Waals surface area contributed by atoms with Gasteiger partial charge in [0.05, 0.1) is 15.9 Å². The first-order valence-corrected chi connectivity index (χ1v) is 6.68. The van der Waals surface area contributed by atoms with Gasteiger partial charge in [0.15, 0.2) is 0 Å². The van der Waals surface area contributed by atoms with Crippen LogP contribution in [-0.4, -0.2) is 28.8 Å². The molecular formula is C14H13N5O5. The van der Waals surface area contributed by atoms with Crippen LogP contribution >= 0.6 is 0 Å². The molecule has 0 aliphatic rings. The molecule has 0 spiro atoms. The van der Waals surface area contributed by atoms with Crippen molar-refractivity contribution in [2.75, 3.05) is 19.0 Å². The lowest BCUT2D eigenvalue weighted by Gasteiger charge is -2.11.